The van der Waals surface area contributed by atoms with E-state index in [-0.39, 0.29) is 48.8 Å². The van der Waals surface area contributed by atoms with E-state index in [0.717, 1.165) is 51.9 Å². The Morgan fingerprint density at radius 3 is 2.12 bits per heavy atom. The van der Waals surface area contributed by atoms with Crippen LogP contribution in [0, 0.1) is 0 Å². The van der Waals surface area contributed by atoms with Crippen molar-refractivity contribution < 1.29 is 14.3 Å². The van der Waals surface area contributed by atoms with Gasteiger partial charge in [0.25, 0.3) is 5.91 Å². The van der Waals surface area contributed by atoms with Crippen molar-refractivity contribution in [2.75, 3.05) is 52.4 Å². The molecule has 2 atom stereocenters. The zero-order valence-electron chi connectivity index (χ0n) is 14.6. The Kier molecular flexibility index (Phi) is 9.45. The first kappa shape index (κ1) is 22.4. The number of likely N-dealkylation sites (tertiary alicyclic amines) is 1. The lowest BCUT2D eigenvalue weighted by atomic mass is 10.1. The largest absolute Gasteiger partial charge is 0.364 e. The molecule has 3 heterocycles. The highest BCUT2D eigenvalue weighted by atomic mass is 35.5. The number of carbonyl (C=O) groups excluding carboxylic acids is 2. The number of hydrogen-bond acceptors (Lipinski definition) is 5. The summed E-state index contributed by atoms with van der Waals surface area (Å²) in [7, 11) is 0. The molecule has 25 heavy (non-hydrogen) atoms. The summed E-state index contributed by atoms with van der Waals surface area (Å²) < 4.78 is 5.69. The summed E-state index contributed by atoms with van der Waals surface area (Å²) in [6.07, 6.45) is 3.61. The third-order valence-corrected chi connectivity index (χ3v) is 5.15. The maximum absolute atomic E-state index is 12.5. The van der Waals surface area contributed by atoms with Gasteiger partial charge in [0, 0.05) is 45.8 Å². The van der Waals surface area contributed by atoms with Gasteiger partial charge in [0.15, 0.2) is 0 Å². The van der Waals surface area contributed by atoms with Gasteiger partial charge in [-0.2, -0.15) is 0 Å². The van der Waals surface area contributed by atoms with E-state index in [1.807, 2.05) is 9.80 Å². The molecule has 3 rings (SSSR count). The minimum absolute atomic E-state index is 0. The van der Waals surface area contributed by atoms with Crippen molar-refractivity contribution in [1.82, 2.24) is 14.7 Å². The first-order valence-electron chi connectivity index (χ1n) is 8.82. The summed E-state index contributed by atoms with van der Waals surface area (Å²) >= 11 is 0. The van der Waals surface area contributed by atoms with Gasteiger partial charge < -0.3 is 20.3 Å². The zero-order valence-corrected chi connectivity index (χ0v) is 16.2. The maximum atomic E-state index is 12.5. The molecule has 0 aromatic heterocycles. The Morgan fingerprint density at radius 2 is 1.56 bits per heavy atom. The molecule has 0 saturated carbocycles. The number of hydrogen-bond donors (Lipinski definition) is 1. The lowest BCUT2D eigenvalue weighted by molar-refractivity contribution is -0.144. The number of ether oxygens (including phenoxy) is 1. The van der Waals surface area contributed by atoms with Crippen molar-refractivity contribution >= 4 is 36.6 Å². The fraction of sp³-hybridized carbons (Fsp3) is 0.875. The lowest BCUT2D eigenvalue weighted by Crippen LogP contribution is -2.53. The van der Waals surface area contributed by atoms with Crippen LogP contribution in [0.2, 0.25) is 0 Å². The molecule has 0 spiro atoms. The van der Waals surface area contributed by atoms with Crippen molar-refractivity contribution in [3.63, 3.8) is 0 Å². The smallest absolute Gasteiger partial charge is 0.251 e. The summed E-state index contributed by atoms with van der Waals surface area (Å²) in [6, 6.07) is 0. The average molecular weight is 397 g/mol. The van der Waals surface area contributed by atoms with Crippen LogP contribution in [0.3, 0.4) is 0 Å². The molecule has 146 valence electrons. The second kappa shape index (κ2) is 10.5. The average Bonchev–Trinajstić information content (AvgIpc) is 3.26. The normalized spacial score (nSPS) is 26.9. The van der Waals surface area contributed by atoms with Gasteiger partial charge in [0.2, 0.25) is 5.91 Å². The Hall–Kier alpha value is -0.600. The van der Waals surface area contributed by atoms with Crippen LogP contribution < -0.4 is 5.73 Å². The predicted octanol–water partition coefficient (Wildman–Crippen LogP) is 0.103. The standard InChI is InChI=1S/C16H28N4O3.2ClH/c17-11-13-3-4-14(23-13)16(22)20-9-7-18(8-10-20)12-15(21)19-5-1-2-6-19;;/h13-14H,1-12,17H2;2*1H/t13-,14+;;/m1../s1. The van der Waals surface area contributed by atoms with E-state index in [0.29, 0.717) is 26.2 Å². The third-order valence-electron chi connectivity index (χ3n) is 5.15. The molecule has 7 nitrogen and oxygen atoms in total. The van der Waals surface area contributed by atoms with E-state index in [4.69, 9.17) is 10.5 Å². The molecule has 9 heteroatoms. The van der Waals surface area contributed by atoms with E-state index < -0.39 is 0 Å². The van der Waals surface area contributed by atoms with Crippen molar-refractivity contribution in [3.8, 4) is 0 Å². The number of halogens is 2. The van der Waals surface area contributed by atoms with Crippen molar-refractivity contribution in [2.24, 2.45) is 5.73 Å². The monoisotopic (exact) mass is 396 g/mol. The minimum atomic E-state index is -0.318. The van der Waals surface area contributed by atoms with Gasteiger partial charge in [0.05, 0.1) is 12.6 Å². The van der Waals surface area contributed by atoms with Crippen LogP contribution in [0.15, 0.2) is 0 Å². The summed E-state index contributed by atoms with van der Waals surface area (Å²) in [4.78, 5) is 30.6. The Labute approximate surface area is 162 Å². The van der Waals surface area contributed by atoms with Crippen LogP contribution in [-0.4, -0.2) is 91.1 Å². The summed E-state index contributed by atoms with van der Waals surface area (Å²) in [5, 5.41) is 0. The quantitative estimate of drug-likeness (QED) is 0.728. The number of nitrogens with zero attached hydrogens (tertiary/aromatic N) is 3. The highest BCUT2D eigenvalue weighted by Gasteiger charge is 2.34. The van der Waals surface area contributed by atoms with E-state index in [2.05, 4.69) is 4.90 Å². The summed E-state index contributed by atoms with van der Waals surface area (Å²) in [5.74, 6) is 0.318. The highest BCUT2D eigenvalue weighted by Crippen LogP contribution is 2.21. The summed E-state index contributed by atoms with van der Waals surface area (Å²) in [6.45, 7) is 5.65. The number of carbonyl (C=O) groups is 2. The molecular weight excluding hydrogens is 367 g/mol. The van der Waals surface area contributed by atoms with Gasteiger partial charge in [-0.3, -0.25) is 14.5 Å². The number of piperazine rings is 1. The minimum Gasteiger partial charge on any atom is -0.364 e. The highest BCUT2D eigenvalue weighted by molar-refractivity contribution is 5.85. The van der Waals surface area contributed by atoms with Gasteiger partial charge in [0.1, 0.15) is 6.10 Å². The van der Waals surface area contributed by atoms with E-state index >= 15 is 0 Å². The van der Waals surface area contributed by atoms with Crippen molar-refractivity contribution in [2.45, 2.75) is 37.9 Å². The first-order valence-corrected chi connectivity index (χ1v) is 8.82. The molecule has 0 aromatic carbocycles. The summed E-state index contributed by atoms with van der Waals surface area (Å²) in [5.41, 5.74) is 5.60. The molecule has 3 fully saturated rings. The molecule has 2 amide bonds. The zero-order chi connectivity index (χ0) is 16.2. The second-order valence-electron chi connectivity index (χ2n) is 6.75. The van der Waals surface area contributed by atoms with Crippen LogP contribution in [-0.2, 0) is 14.3 Å². The van der Waals surface area contributed by atoms with Crippen LogP contribution >= 0.6 is 24.8 Å². The van der Waals surface area contributed by atoms with E-state index in [9.17, 15) is 9.59 Å². The SMILES string of the molecule is Cl.Cl.NC[C@H]1CC[C@@H](C(=O)N2CCN(CC(=O)N3CCCC3)CC2)O1. The second-order valence-corrected chi connectivity index (χ2v) is 6.75. The van der Waals surface area contributed by atoms with Crippen LogP contribution in [0.25, 0.3) is 0 Å². The number of rotatable bonds is 4. The molecule has 0 aliphatic carbocycles. The van der Waals surface area contributed by atoms with Crippen LogP contribution in [0.4, 0.5) is 0 Å². The molecule has 0 unspecified atom stereocenters. The van der Waals surface area contributed by atoms with Gasteiger partial charge in [-0.25, -0.2) is 0 Å². The number of amides is 2. The van der Waals surface area contributed by atoms with Crippen molar-refractivity contribution in [3.05, 3.63) is 0 Å². The van der Waals surface area contributed by atoms with E-state index in [1.165, 1.54) is 0 Å². The van der Waals surface area contributed by atoms with Crippen molar-refractivity contribution in [1.29, 1.82) is 0 Å². The fourth-order valence-corrected chi connectivity index (χ4v) is 3.65. The first-order chi connectivity index (χ1) is 11.2. The maximum Gasteiger partial charge on any atom is 0.251 e. The molecule has 0 bridgehead atoms. The number of nitrogens with two attached hydrogens (primary N) is 1. The molecule has 2 N–H and O–H groups in total. The Balaban J connectivity index is 0.00000156. The lowest BCUT2D eigenvalue weighted by Gasteiger charge is -2.36. The molecule has 3 saturated heterocycles. The molecule has 3 aliphatic heterocycles. The Bertz CT molecular complexity index is 441. The molecule has 3 aliphatic rings. The predicted molar refractivity (Wildman–Crippen MR) is 100 cm³/mol. The van der Waals surface area contributed by atoms with Gasteiger partial charge in [-0.1, -0.05) is 0 Å². The topological polar surface area (TPSA) is 79.1 Å². The molecule has 0 aromatic rings. The Morgan fingerprint density at radius 1 is 0.920 bits per heavy atom. The van der Waals surface area contributed by atoms with Crippen LogP contribution in [0.1, 0.15) is 25.7 Å². The van der Waals surface area contributed by atoms with Gasteiger partial charge in [-0.05, 0) is 25.7 Å². The third kappa shape index (κ3) is 5.69. The van der Waals surface area contributed by atoms with Gasteiger partial charge in [-0.15, -0.1) is 24.8 Å². The fourth-order valence-electron chi connectivity index (χ4n) is 3.65. The van der Waals surface area contributed by atoms with E-state index in [1.54, 1.807) is 0 Å². The van der Waals surface area contributed by atoms with Crippen LogP contribution in [0.5, 0.6) is 0 Å². The molecule has 0 radical (unpaired) electrons. The van der Waals surface area contributed by atoms with Gasteiger partial charge >= 0.3 is 0 Å². The molecular formula is C16H30Cl2N4O3.